The molecule has 1 aliphatic rings. The summed E-state index contributed by atoms with van der Waals surface area (Å²) in [6.45, 7) is 7.60. The van der Waals surface area contributed by atoms with E-state index in [4.69, 9.17) is 10.5 Å². The highest BCUT2D eigenvalue weighted by Crippen LogP contribution is 2.21. The van der Waals surface area contributed by atoms with E-state index in [1.807, 2.05) is 0 Å². The zero-order valence-corrected chi connectivity index (χ0v) is 9.56. The second-order valence-electron chi connectivity index (χ2n) is 4.95. The molecule has 0 aromatic heterocycles. The van der Waals surface area contributed by atoms with Gasteiger partial charge in [0.2, 0.25) is 0 Å². The van der Waals surface area contributed by atoms with E-state index in [-0.39, 0.29) is 5.54 Å². The van der Waals surface area contributed by atoms with Crippen LogP contribution in [-0.2, 0) is 4.74 Å². The molecule has 1 fully saturated rings. The molecule has 0 aromatic carbocycles. The van der Waals surface area contributed by atoms with Crippen molar-refractivity contribution in [2.75, 3.05) is 13.1 Å². The predicted octanol–water partition coefficient (Wildman–Crippen LogP) is 0.315. The number of carbonyl (C=O) groups is 1. The van der Waals surface area contributed by atoms with Crippen LogP contribution in [0.25, 0.3) is 0 Å². The van der Waals surface area contributed by atoms with Crippen LogP contribution in [0.5, 0.6) is 0 Å². The van der Waals surface area contributed by atoms with E-state index in [0.717, 1.165) is 6.54 Å². The molecule has 0 radical (unpaired) electrons. The maximum absolute atomic E-state index is 10.6. The second kappa shape index (κ2) is 4.37. The second-order valence-corrected chi connectivity index (χ2v) is 4.95. The van der Waals surface area contributed by atoms with Gasteiger partial charge in [-0.15, -0.1) is 0 Å². The van der Waals surface area contributed by atoms with Gasteiger partial charge >= 0.3 is 6.09 Å². The van der Waals surface area contributed by atoms with E-state index in [1.165, 1.54) is 0 Å². The Balaban J connectivity index is 2.51. The minimum Gasteiger partial charge on any atom is -0.444 e. The van der Waals surface area contributed by atoms with Gasteiger partial charge in [0.1, 0.15) is 12.2 Å². The van der Waals surface area contributed by atoms with Crippen molar-refractivity contribution in [2.45, 2.75) is 44.9 Å². The molecule has 2 atom stereocenters. The summed E-state index contributed by atoms with van der Waals surface area (Å²) < 4.78 is 4.83. The number of aliphatic hydroxyl groups is 1. The maximum Gasteiger partial charge on any atom is 0.404 e. The number of nitrogens with zero attached hydrogens (tertiary/aromatic N) is 1. The lowest BCUT2D eigenvalue weighted by Gasteiger charge is -2.42. The summed E-state index contributed by atoms with van der Waals surface area (Å²) in [6.07, 6.45) is -1.30. The summed E-state index contributed by atoms with van der Waals surface area (Å²) in [7, 11) is 0. The van der Waals surface area contributed by atoms with Gasteiger partial charge in [0.05, 0.1) is 0 Å². The standard InChI is InChI=1S/C10H20N2O3/c1-10(2,3)12-5-4-8(7(13)6-12)15-9(11)14/h7-8,13H,4-6H2,1-3H3,(H2,11,14)/t7-,8+/m0/s1. The third-order valence-electron chi connectivity index (χ3n) is 2.74. The number of rotatable bonds is 1. The first-order valence-electron chi connectivity index (χ1n) is 5.20. The van der Waals surface area contributed by atoms with Crippen LogP contribution in [-0.4, -0.2) is 46.9 Å². The number of likely N-dealkylation sites (tertiary alicyclic amines) is 1. The summed E-state index contributed by atoms with van der Waals surface area (Å²) >= 11 is 0. The number of primary amides is 1. The van der Waals surface area contributed by atoms with Crippen molar-refractivity contribution in [1.82, 2.24) is 4.90 Å². The smallest absolute Gasteiger partial charge is 0.404 e. The molecule has 5 nitrogen and oxygen atoms in total. The summed E-state index contributed by atoms with van der Waals surface area (Å²) in [6, 6.07) is 0. The molecule has 0 aromatic rings. The highest BCUT2D eigenvalue weighted by molar-refractivity contribution is 5.64. The van der Waals surface area contributed by atoms with Crippen molar-refractivity contribution in [3.63, 3.8) is 0 Å². The average Bonchev–Trinajstić information content (AvgIpc) is 2.05. The van der Waals surface area contributed by atoms with Crippen molar-refractivity contribution in [2.24, 2.45) is 5.73 Å². The van der Waals surface area contributed by atoms with E-state index in [0.29, 0.717) is 13.0 Å². The summed E-state index contributed by atoms with van der Waals surface area (Å²) in [5, 5.41) is 9.78. The highest BCUT2D eigenvalue weighted by atomic mass is 16.6. The molecule has 0 unspecified atom stereocenters. The normalized spacial score (nSPS) is 28.8. The summed E-state index contributed by atoms with van der Waals surface area (Å²) in [5.74, 6) is 0. The molecular formula is C10H20N2O3. The molecule has 0 aliphatic carbocycles. The summed E-state index contributed by atoms with van der Waals surface area (Å²) in [4.78, 5) is 12.7. The van der Waals surface area contributed by atoms with Crippen LogP contribution in [0.2, 0.25) is 0 Å². The van der Waals surface area contributed by atoms with Gasteiger partial charge in [-0.3, -0.25) is 4.90 Å². The van der Waals surface area contributed by atoms with Gasteiger partial charge in [-0.25, -0.2) is 4.79 Å². The SMILES string of the molecule is CC(C)(C)N1CC[C@@H](OC(N)=O)[C@@H](O)C1. The Morgan fingerprint density at radius 2 is 2.13 bits per heavy atom. The molecule has 1 heterocycles. The first-order chi connectivity index (χ1) is 6.80. The van der Waals surface area contributed by atoms with Crippen molar-refractivity contribution >= 4 is 6.09 Å². The number of aliphatic hydroxyl groups excluding tert-OH is 1. The quantitative estimate of drug-likeness (QED) is 0.661. The predicted molar refractivity (Wildman–Crippen MR) is 56.4 cm³/mol. The minimum absolute atomic E-state index is 0.0265. The molecule has 1 rings (SSSR count). The molecule has 0 spiro atoms. The van der Waals surface area contributed by atoms with Gasteiger partial charge in [0.15, 0.2) is 0 Å². The van der Waals surface area contributed by atoms with E-state index in [2.05, 4.69) is 25.7 Å². The van der Waals surface area contributed by atoms with Gasteiger partial charge in [0.25, 0.3) is 0 Å². The topological polar surface area (TPSA) is 75.8 Å². The number of β-amino-alcohol motifs (C(OH)–C–C–N with tert-alkyl or cyclic N) is 1. The van der Waals surface area contributed by atoms with Crippen LogP contribution in [0.3, 0.4) is 0 Å². The van der Waals surface area contributed by atoms with Crippen molar-refractivity contribution < 1.29 is 14.6 Å². The molecule has 5 heteroatoms. The van der Waals surface area contributed by atoms with E-state index < -0.39 is 18.3 Å². The van der Waals surface area contributed by atoms with Gasteiger partial charge < -0.3 is 15.6 Å². The van der Waals surface area contributed by atoms with Crippen LogP contribution in [0.1, 0.15) is 27.2 Å². The number of hydrogen-bond donors (Lipinski definition) is 2. The molecule has 15 heavy (non-hydrogen) atoms. The minimum atomic E-state index is -0.816. The molecule has 1 saturated heterocycles. The zero-order chi connectivity index (χ0) is 11.6. The molecule has 1 aliphatic heterocycles. The van der Waals surface area contributed by atoms with E-state index in [1.54, 1.807) is 0 Å². The Hall–Kier alpha value is -0.810. The fraction of sp³-hybridized carbons (Fsp3) is 0.900. The Bertz CT molecular complexity index is 237. The lowest BCUT2D eigenvalue weighted by atomic mass is 9.98. The lowest BCUT2D eigenvalue weighted by Crippen LogP contribution is -2.54. The molecule has 0 saturated carbocycles. The Kier molecular flexibility index (Phi) is 3.57. The van der Waals surface area contributed by atoms with Crippen LogP contribution in [0.15, 0.2) is 0 Å². The summed E-state index contributed by atoms with van der Waals surface area (Å²) in [5.41, 5.74) is 4.95. The highest BCUT2D eigenvalue weighted by Gasteiger charge is 2.34. The number of piperidine rings is 1. The van der Waals surface area contributed by atoms with Gasteiger partial charge in [-0.05, 0) is 27.2 Å². The number of ether oxygens (including phenoxy) is 1. The first kappa shape index (κ1) is 12.3. The first-order valence-corrected chi connectivity index (χ1v) is 5.20. The third-order valence-corrected chi connectivity index (χ3v) is 2.74. The van der Waals surface area contributed by atoms with Gasteiger partial charge in [-0.2, -0.15) is 0 Å². The molecule has 3 N–H and O–H groups in total. The number of carbonyl (C=O) groups excluding carboxylic acids is 1. The maximum atomic E-state index is 10.6. The van der Waals surface area contributed by atoms with Gasteiger partial charge in [-0.1, -0.05) is 0 Å². The molecule has 1 amide bonds. The Morgan fingerprint density at radius 3 is 2.53 bits per heavy atom. The average molecular weight is 216 g/mol. The zero-order valence-electron chi connectivity index (χ0n) is 9.56. The lowest BCUT2D eigenvalue weighted by molar-refractivity contribution is -0.0640. The number of hydrogen-bond acceptors (Lipinski definition) is 4. The monoisotopic (exact) mass is 216 g/mol. The van der Waals surface area contributed by atoms with Gasteiger partial charge in [0, 0.05) is 18.6 Å². The van der Waals surface area contributed by atoms with Crippen LogP contribution in [0.4, 0.5) is 4.79 Å². The largest absolute Gasteiger partial charge is 0.444 e. The Morgan fingerprint density at radius 1 is 1.53 bits per heavy atom. The molecular weight excluding hydrogens is 196 g/mol. The van der Waals surface area contributed by atoms with Crippen LogP contribution in [0, 0.1) is 0 Å². The molecule has 88 valence electrons. The fourth-order valence-corrected chi connectivity index (χ4v) is 1.81. The fourth-order valence-electron chi connectivity index (χ4n) is 1.81. The number of nitrogens with two attached hydrogens (primary N) is 1. The van der Waals surface area contributed by atoms with Crippen molar-refractivity contribution in [3.05, 3.63) is 0 Å². The number of amides is 1. The van der Waals surface area contributed by atoms with Crippen molar-refractivity contribution in [3.8, 4) is 0 Å². The third kappa shape index (κ3) is 3.35. The van der Waals surface area contributed by atoms with E-state index >= 15 is 0 Å². The van der Waals surface area contributed by atoms with Crippen LogP contribution >= 0.6 is 0 Å². The van der Waals surface area contributed by atoms with Crippen LogP contribution < -0.4 is 5.73 Å². The van der Waals surface area contributed by atoms with Crippen molar-refractivity contribution in [1.29, 1.82) is 0 Å². The molecule has 0 bridgehead atoms. The van der Waals surface area contributed by atoms with E-state index in [9.17, 15) is 9.90 Å². The Labute approximate surface area is 90.2 Å².